The summed E-state index contributed by atoms with van der Waals surface area (Å²) in [5, 5.41) is 0. The molecule has 0 radical (unpaired) electrons. The molecule has 0 aromatic carbocycles. The zero-order valence-corrected chi connectivity index (χ0v) is 8.83. The van der Waals surface area contributed by atoms with Crippen LogP contribution in [0.2, 0.25) is 0 Å². The number of halogens is 1. The first-order valence-corrected chi connectivity index (χ1v) is 4.56. The van der Waals surface area contributed by atoms with Crippen LogP contribution in [0.1, 0.15) is 34.1 Å². The van der Waals surface area contributed by atoms with Crippen molar-refractivity contribution in [1.29, 1.82) is 0 Å². The number of carbonyl (C=O) groups excluding carboxylic acids is 1. The van der Waals surface area contributed by atoms with Crippen molar-refractivity contribution < 1.29 is 4.79 Å². The van der Waals surface area contributed by atoms with Crippen LogP contribution in [0, 0.1) is 5.41 Å². The molecule has 0 saturated carbocycles. The molecule has 1 unspecified atom stereocenters. The van der Waals surface area contributed by atoms with Crippen molar-refractivity contribution in [2.45, 2.75) is 39.0 Å². The summed E-state index contributed by atoms with van der Waals surface area (Å²) in [6.45, 7) is 7.72. The summed E-state index contributed by atoms with van der Waals surface area (Å²) >= 11 is 6.19. The van der Waals surface area contributed by atoms with Gasteiger partial charge in [0.05, 0.1) is 10.3 Å². The molecule has 2 heteroatoms. The monoisotopic (exact) mass is 186 g/mol. The Labute approximate surface area is 78.8 Å². The summed E-state index contributed by atoms with van der Waals surface area (Å²) < 4.78 is 0. The second-order valence-corrected chi connectivity index (χ2v) is 5.28. The van der Waals surface area contributed by atoms with Crippen LogP contribution < -0.4 is 0 Å². The number of hydrogen-bond donors (Lipinski definition) is 0. The predicted octanol–water partition coefficient (Wildman–Crippen LogP) is 2.93. The Morgan fingerprint density at radius 3 is 2.25 bits per heavy atom. The lowest BCUT2D eigenvalue weighted by Gasteiger charge is -2.34. The first kappa shape index (κ1) is 9.79. The summed E-state index contributed by atoms with van der Waals surface area (Å²) in [6, 6.07) is 0. The molecule has 0 saturated heterocycles. The van der Waals surface area contributed by atoms with Crippen molar-refractivity contribution in [1.82, 2.24) is 0 Å². The molecule has 1 rings (SSSR count). The Hall–Kier alpha value is -0.300. The smallest absolute Gasteiger partial charge is 0.163 e. The van der Waals surface area contributed by atoms with Gasteiger partial charge in [-0.2, -0.15) is 0 Å². The molecule has 1 aliphatic rings. The fraction of sp³-hybridized carbons (Fsp3) is 0.700. The van der Waals surface area contributed by atoms with Crippen molar-refractivity contribution in [2.24, 2.45) is 5.41 Å². The van der Waals surface area contributed by atoms with Crippen molar-refractivity contribution in [2.75, 3.05) is 0 Å². The molecule has 68 valence electrons. The molecular weight excluding hydrogens is 172 g/mol. The number of alkyl halides is 1. The van der Waals surface area contributed by atoms with Gasteiger partial charge in [-0.25, -0.2) is 0 Å². The minimum absolute atomic E-state index is 0.167. The average molecular weight is 187 g/mol. The third-order valence-electron chi connectivity index (χ3n) is 2.87. The minimum atomic E-state index is -0.460. The fourth-order valence-electron chi connectivity index (χ4n) is 1.58. The first-order valence-electron chi connectivity index (χ1n) is 4.18. The summed E-state index contributed by atoms with van der Waals surface area (Å²) in [7, 11) is 0. The van der Waals surface area contributed by atoms with Crippen molar-refractivity contribution in [3.8, 4) is 0 Å². The summed E-state index contributed by atoms with van der Waals surface area (Å²) in [5.74, 6) is 0.167. The van der Waals surface area contributed by atoms with Crippen LogP contribution in [0.4, 0.5) is 0 Å². The van der Waals surface area contributed by atoms with Crippen LogP contribution in [-0.4, -0.2) is 10.7 Å². The van der Waals surface area contributed by atoms with Gasteiger partial charge in [-0.1, -0.05) is 12.5 Å². The molecule has 0 spiro atoms. The van der Waals surface area contributed by atoms with Crippen LogP contribution in [0.25, 0.3) is 0 Å². The topological polar surface area (TPSA) is 17.1 Å². The fourth-order valence-corrected chi connectivity index (χ4v) is 1.74. The molecule has 12 heavy (non-hydrogen) atoms. The maximum atomic E-state index is 11.6. The van der Waals surface area contributed by atoms with Gasteiger partial charge in [0.25, 0.3) is 0 Å². The molecule has 0 amide bonds. The van der Waals surface area contributed by atoms with Crippen LogP contribution in [0.5, 0.6) is 0 Å². The Kier molecular flexibility index (Phi) is 2.12. The van der Waals surface area contributed by atoms with E-state index in [-0.39, 0.29) is 5.78 Å². The van der Waals surface area contributed by atoms with Gasteiger partial charge in [0, 0.05) is 0 Å². The summed E-state index contributed by atoms with van der Waals surface area (Å²) in [6.07, 6.45) is 2.51. The average Bonchev–Trinajstić information content (AvgIpc) is 2.06. The van der Waals surface area contributed by atoms with E-state index in [4.69, 9.17) is 11.6 Å². The van der Waals surface area contributed by atoms with Crippen LogP contribution in [0.3, 0.4) is 0 Å². The first-order chi connectivity index (χ1) is 5.27. The number of hydrogen-bond acceptors (Lipinski definition) is 1. The van der Waals surface area contributed by atoms with E-state index in [0.717, 1.165) is 12.0 Å². The Morgan fingerprint density at radius 1 is 1.58 bits per heavy atom. The standard InChI is InChI=1S/C10H15ClO/c1-7-5-8(12)10(4,6-7)9(2,3)11/h5H,6H2,1-4H3. The molecule has 1 atom stereocenters. The second kappa shape index (κ2) is 2.59. The Balaban J connectivity index is 2.99. The Morgan fingerprint density at radius 2 is 2.08 bits per heavy atom. The summed E-state index contributed by atoms with van der Waals surface area (Å²) in [4.78, 5) is 11.1. The molecule has 0 aliphatic heterocycles. The normalized spacial score (nSPS) is 30.8. The van der Waals surface area contributed by atoms with Crippen LogP contribution in [0.15, 0.2) is 11.6 Å². The SMILES string of the molecule is CC1=CC(=O)C(C)(C(C)(C)Cl)C1. The number of rotatable bonds is 1. The van der Waals surface area contributed by atoms with E-state index in [2.05, 4.69) is 0 Å². The maximum absolute atomic E-state index is 11.6. The quantitative estimate of drug-likeness (QED) is 0.576. The number of carbonyl (C=O) groups is 1. The highest BCUT2D eigenvalue weighted by Crippen LogP contribution is 2.46. The number of ketones is 1. The van der Waals surface area contributed by atoms with Crippen LogP contribution in [-0.2, 0) is 4.79 Å². The lowest BCUT2D eigenvalue weighted by molar-refractivity contribution is -0.123. The zero-order chi connectivity index (χ0) is 9.57. The lowest BCUT2D eigenvalue weighted by atomic mass is 9.75. The van der Waals surface area contributed by atoms with E-state index in [9.17, 15) is 4.79 Å². The highest BCUT2D eigenvalue weighted by molar-refractivity contribution is 6.26. The van der Waals surface area contributed by atoms with Gasteiger partial charge in [-0.3, -0.25) is 4.79 Å². The van der Waals surface area contributed by atoms with E-state index >= 15 is 0 Å². The molecule has 1 nitrogen and oxygen atoms in total. The van der Waals surface area contributed by atoms with Gasteiger partial charge in [-0.05, 0) is 33.3 Å². The van der Waals surface area contributed by atoms with E-state index in [1.54, 1.807) is 6.08 Å². The molecular formula is C10H15ClO. The zero-order valence-electron chi connectivity index (χ0n) is 8.07. The second-order valence-electron chi connectivity index (χ2n) is 4.34. The molecule has 0 bridgehead atoms. The van der Waals surface area contributed by atoms with Crippen molar-refractivity contribution in [3.63, 3.8) is 0 Å². The van der Waals surface area contributed by atoms with Gasteiger partial charge in [0.2, 0.25) is 0 Å². The molecule has 0 fully saturated rings. The van der Waals surface area contributed by atoms with E-state index in [0.29, 0.717) is 0 Å². The van der Waals surface area contributed by atoms with Crippen LogP contribution >= 0.6 is 11.6 Å². The van der Waals surface area contributed by atoms with Crippen molar-refractivity contribution >= 4 is 17.4 Å². The highest BCUT2D eigenvalue weighted by atomic mass is 35.5. The molecule has 1 aliphatic carbocycles. The lowest BCUT2D eigenvalue weighted by Crippen LogP contribution is -2.40. The molecule has 0 N–H and O–H groups in total. The molecule has 0 aromatic heterocycles. The van der Waals surface area contributed by atoms with E-state index in [1.807, 2.05) is 27.7 Å². The third kappa shape index (κ3) is 1.31. The van der Waals surface area contributed by atoms with Gasteiger partial charge in [0.15, 0.2) is 5.78 Å². The summed E-state index contributed by atoms with van der Waals surface area (Å²) in [5.41, 5.74) is 0.731. The predicted molar refractivity (Wildman–Crippen MR) is 51.4 cm³/mol. The van der Waals surface area contributed by atoms with E-state index < -0.39 is 10.3 Å². The van der Waals surface area contributed by atoms with Gasteiger partial charge < -0.3 is 0 Å². The third-order valence-corrected chi connectivity index (χ3v) is 3.28. The number of allylic oxidation sites excluding steroid dienone is 2. The Bertz CT molecular complexity index is 247. The van der Waals surface area contributed by atoms with E-state index in [1.165, 1.54) is 0 Å². The van der Waals surface area contributed by atoms with Gasteiger partial charge in [0.1, 0.15) is 0 Å². The largest absolute Gasteiger partial charge is 0.294 e. The van der Waals surface area contributed by atoms with Gasteiger partial charge >= 0.3 is 0 Å². The minimum Gasteiger partial charge on any atom is -0.294 e. The molecule has 0 aromatic rings. The van der Waals surface area contributed by atoms with Crippen molar-refractivity contribution in [3.05, 3.63) is 11.6 Å². The van der Waals surface area contributed by atoms with Gasteiger partial charge in [-0.15, -0.1) is 11.6 Å². The highest BCUT2D eigenvalue weighted by Gasteiger charge is 2.47. The molecule has 0 heterocycles. The maximum Gasteiger partial charge on any atom is 0.163 e.